The predicted molar refractivity (Wildman–Crippen MR) is 127 cm³/mol. The lowest BCUT2D eigenvalue weighted by Crippen LogP contribution is -2.44. The molecule has 0 aliphatic carbocycles. The number of hydrogen-bond donors (Lipinski definition) is 3. The molecule has 0 aromatic heterocycles. The minimum atomic E-state index is -0.658. The number of nitrogens with one attached hydrogen (secondary N) is 3. The van der Waals surface area contributed by atoms with Crippen LogP contribution in [0.5, 0.6) is 11.5 Å². The first kappa shape index (κ1) is 24.3. The average Bonchev–Trinajstić information content (AvgIpc) is 2.77. The monoisotopic (exact) mass is 515 g/mol. The lowest BCUT2D eigenvalue weighted by atomic mass is 9.93. The van der Waals surface area contributed by atoms with Gasteiger partial charge in [-0.3, -0.25) is 9.59 Å². The molecule has 0 bridgehead atoms. The molecule has 0 fully saturated rings. The van der Waals surface area contributed by atoms with E-state index in [0.29, 0.717) is 39.4 Å². The Balaban J connectivity index is 1.70. The van der Waals surface area contributed by atoms with Crippen molar-refractivity contribution in [1.82, 2.24) is 16.0 Å². The number of ether oxygens (including phenoxy) is 2. The lowest BCUT2D eigenvalue weighted by molar-refractivity contribution is -0.123. The molecule has 3 rings (SSSR count). The number of Topliss-reactive ketones (excluding diaryl/α,β-unsaturated/α-hetero) is 1. The SMILES string of the molecule is COc1cc([C@@H]2NC(=O)NC(C)=C2C(C)=O)c(Br)cc1OCC(=O)NCCc1ccccc1. The van der Waals surface area contributed by atoms with E-state index in [2.05, 4.69) is 31.9 Å². The topological polar surface area (TPSA) is 106 Å². The first-order chi connectivity index (χ1) is 15.8. The van der Waals surface area contributed by atoms with Crippen LogP contribution in [0, 0.1) is 0 Å². The minimum absolute atomic E-state index is 0.164. The molecule has 2 aromatic rings. The Morgan fingerprint density at radius 3 is 2.55 bits per heavy atom. The third-order valence-electron chi connectivity index (χ3n) is 5.18. The summed E-state index contributed by atoms with van der Waals surface area (Å²) in [6, 6.07) is 12.2. The Kier molecular flexibility index (Phi) is 8.11. The summed E-state index contributed by atoms with van der Waals surface area (Å²) in [4.78, 5) is 36.5. The summed E-state index contributed by atoms with van der Waals surface area (Å²) in [5.74, 6) is 0.315. The van der Waals surface area contributed by atoms with Gasteiger partial charge < -0.3 is 25.4 Å². The zero-order valence-electron chi connectivity index (χ0n) is 18.7. The molecule has 33 heavy (non-hydrogen) atoms. The van der Waals surface area contributed by atoms with E-state index in [-0.39, 0.29) is 18.3 Å². The largest absolute Gasteiger partial charge is 0.493 e. The van der Waals surface area contributed by atoms with Gasteiger partial charge in [-0.15, -0.1) is 0 Å². The Morgan fingerprint density at radius 2 is 1.88 bits per heavy atom. The van der Waals surface area contributed by atoms with E-state index in [1.807, 2.05) is 30.3 Å². The highest BCUT2D eigenvalue weighted by molar-refractivity contribution is 9.10. The second-order valence-electron chi connectivity index (χ2n) is 7.53. The molecule has 1 heterocycles. The maximum Gasteiger partial charge on any atom is 0.319 e. The van der Waals surface area contributed by atoms with Gasteiger partial charge in [-0.25, -0.2) is 4.79 Å². The molecule has 0 spiro atoms. The van der Waals surface area contributed by atoms with Crippen LogP contribution in [-0.2, 0) is 16.0 Å². The summed E-state index contributed by atoms with van der Waals surface area (Å²) in [5.41, 5.74) is 2.71. The number of halogens is 1. The van der Waals surface area contributed by atoms with Gasteiger partial charge in [0.25, 0.3) is 5.91 Å². The average molecular weight is 516 g/mol. The van der Waals surface area contributed by atoms with Crippen molar-refractivity contribution in [3.05, 3.63) is 69.3 Å². The molecule has 0 saturated heterocycles. The molecular formula is C24H26BrN3O5. The number of allylic oxidation sites excluding steroid dienone is 1. The van der Waals surface area contributed by atoms with E-state index in [9.17, 15) is 14.4 Å². The summed E-state index contributed by atoms with van der Waals surface area (Å²) in [6.45, 7) is 3.45. The second kappa shape index (κ2) is 11.0. The quantitative estimate of drug-likeness (QED) is 0.474. The van der Waals surface area contributed by atoms with E-state index in [1.54, 1.807) is 19.1 Å². The van der Waals surface area contributed by atoms with Gasteiger partial charge in [0, 0.05) is 22.3 Å². The standard InChI is InChI=1S/C24H26BrN3O5/c1-14-22(15(2)29)23(28-24(31)27-14)17-11-19(32-3)20(12-18(17)25)33-13-21(30)26-10-9-16-7-5-4-6-8-16/h4-8,11-12,23H,9-10,13H2,1-3H3,(H,26,30)(H2,27,28,31)/t23-/m0/s1. The van der Waals surface area contributed by atoms with Crippen molar-refractivity contribution in [1.29, 1.82) is 0 Å². The van der Waals surface area contributed by atoms with Crippen LogP contribution in [0.1, 0.15) is 31.0 Å². The number of carbonyl (C=O) groups excluding carboxylic acids is 3. The van der Waals surface area contributed by atoms with Crippen LogP contribution < -0.4 is 25.4 Å². The van der Waals surface area contributed by atoms with Gasteiger partial charge in [-0.05, 0) is 43.5 Å². The number of urea groups is 1. The van der Waals surface area contributed by atoms with Gasteiger partial charge in [0.15, 0.2) is 23.9 Å². The maximum atomic E-state index is 12.2. The van der Waals surface area contributed by atoms with E-state index >= 15 is 0 Å². The van der Waals surface area contributed by atoms with Crippen molar-refractivity contribution in [3.8, 4) is 11.5 Å². The van der Waals surface area contributed by atoms with Crippen molar-refractivity contribution in [3.63, 3.8) is 0 Å². The molecule has 1 aliphatic rings. The molecule has 1 atom stereocenters. The number of hydrogen-bond acceptors (Lipinski definition) is 5. The molecule has 174 valence electrons. The highest BCUT2D eigenvalue weighted by Gasteiger charge is 2.31. The molecular weight excluding hydrogens is 490 g/mol. The molecule has 3 N–H and O–H groups in total. The summed E-state index contributed by atoms with van der Waals surface area (Å²) >= 11 is 3.50. The van der Waals surface area contributed by atoms with Crippen molar-refractivity contribution in [2.45, 2.75) is 26.3 Å². The van der Waals surface area contributed by atoms with Crippen LogP contribution >= 0.6 is 15.9 Å². The zero-order valence-corrected chi connectivity index (χ0v) is 20.2. The fourth-order valence-electron chi connectivity index (χ4n) is 3.62. The fraction of sp³-hybridized carbons (Fsp3) is 0.292. The van der Waals surface area contributed by atoms with E-state index in [4.69, 9.17) is 9.47 Å². The van der Waals surface area contributed by atoms with Crippen LogP contribution in [0.3, 0.4) is 0 Å². The smallest absolute Gasteiger partial charge is 0.319 e. The molecule has 3 amide bonds. The number of amides is 3. The molecule has 0 radical (unpaired) electrons. The maximum absolute atomic E-state index is 12.2. The number of ketones is 1. The van der Waals surface area contributed by atoms with Crippen molar-refractivity contribution < 1.29 is 23.9 Å². The number of benzene rings is 2. The third kappa shape index (κ3) is 6.13. The highest BCUT2D eigenvalue weighted by atomic mass is 79.9. The van der Waals surface area contributed by atoms with Crippen molar-refractivity contribution in [2.24, 2.45) is 0 Å². The van der Waals surface area contributed by atoms with Crippen molar-refractivity contribution in [2.75, 3.05) is 20.3 Å². The van der Waals surface area contributed by atoms with Crippen LogP contribution in [-0.4, -0.2) is 38.0 Å². The van der Waals surface area contributed by atoms with Crippen molar-refractivity contribution >= 4 is 33.7 Å². The third-order valence-corrected chi connectivity index (χ3v) is 5.87. The van der Waals surface area contributed by atoms with Gasteiger partial charge in [0.05, 0.1) is 13.2 Å². The Bertz CT molecular complexity index is 1090. The summed E-state index contributed by atoms with van der Waals surface area (Å²) in [6.07, 6.45) is 0.726. The Morgan fingerprint density at radius 1 is 1.15 bits per heavy atom. The second-order valence-corrected chi connectivity index (χ2v) is 8.38. The van der Waals surface area contributed by atoms with E-state index < -0.39 is 12.1 Å². The number of carbonyl (C=O) groups is 3. The first-order valence-corrected chi connectivity index (χ1v) is 11.2. The summed E-state index contributed by atoms with van der Waals surface area (Å²) < 4.78 is 11.7. The molecule has 9 heteroatoms. The fourth-order valence-corrected chi connectivity index (χ4v) is 4.18. The van der Waals surface area contributed by atoms with Gasteiger partial charge in [-0.1, -0.05) is 46.3 Å². The zero-order chi connectivity index (χ0) is 24.0. The van der Waals surface area contributed by atoms with Gasteiger partial charge in [0.2, 0.25) is 0 Å². The molecule has 0 saturated carbocycles. The first-order valence-electron chi connectivity index (χ1n) is 10.4. The Hall–Kier alpha value is -3.33. The van der Waals surface area contributed by atoms with Crippen LogP contribution in [0.2, 0.25) is 0 Å². The van der Waals surface area contributed by atoms with Crippen LogP contribution in [0.15, 0.2) is 58.2 Å². The minimum Gasteiger partial charge on any atom is -0.493 e. The normalized spacial score (nSPS) is 15.4. The summed E-state index contributed by atoms with van der Waals surface area (Å²) in [7, 11) is 1.48. The molecule has 8 nitrogen and oxygen atoms in total. The van der Waals surface area contributed by atoms with Crippen LogP contribution in [0.25, 0.3) is 0 Å². The number of methoxy groups -OCH3 is 1. The summed E-state index contributed by atoms with van der Waals surface area (Å²) in [5, 5.41) is 8.23. The van der Waals surface area contributed by atoms with Gasteiger partial charge in [-0.2, -0.15) is 0 Å². The Labute approximate surface area is 200 Å². The molecule has 1 aliphatic heterocycles. The van der Waals surface area contributed by atoms with E-state index in [0.717, 1.165) is 12.0 Å². The van der Waals surface area contributed by atoms with E-state index in [1.165, 1.54) is 14.0 Å². The lowest BCUT2D eigenvalue weighted by Gasteiger charge is -2.29. The van der Waals surface area contributed by atoms with Gasteiger partial charge in [0.1, 0.15) is 0 Å². The molecule has 0 unspecified atom stereocenters. The molecule has 2 aromatic carbocycles. The van der Waals surface area contributed by atoms with Gasteiger partial charge >= 0.3 is 6.03 Å². The van der Waals surface area contributed by atoms with Crippen LogP contribution in [0.4, 0.5) is 4.79 Å². The highest BCUT2D eigenvalue weighted by Crippen LogP contribution is 2.39. The number of rotatable bonds is 9. The predicted octanol–water partition coefficient (Wildman–Crippen LogP) is 3.41.